The standard InChI is InChI=1S/C12H20N2O2S/c1-9-12(16)14(5-2-11(15)13-9)8-10-3-6-17-7-4-10/h9-10H,2-8H2,1H3,(H,13,15). The van der Waals surface area contributed by atoms with Gasteiger partial charge in [0.15, 0.2) is 0 Å². The summed E-state index contributed by atoms with van der Waals surface area (Å²) < 4.78 is 0. The van der Waals surface area contributed by atoms with E-state index in [1.165, 1.54) is 24.3 Å². The van der Waals surface area contributed by atoms with E-state index >= 15 is 0 Å². The Labute approximate surface area is 106 Å². The van der Waals surface area contributed by atoms with E-state index in [4.69, 9.17) is 0 Å². The van der Waals surface area contributed by atoms with Crippen molar-refractivity contribution < 1.29 is 9.59 Å². The number of carbonyl (C=O) groups excluding carboxylic acids is 2. The van der Waals surface area contributed by atoms with Crippen LogP contribution in [0.3, 0.4) is 0 Å². The summed E-state index contributed by atoms with van der Waals surface area (Å²) in [7, 11) is 0. The molecule has 2 rings (SSSR count). The molecule has 2 aliphatic heterocycles. The van der Waals surface area contributed by atoms with Crippen LogP contribution in [0, 0.1) is 5.92 Å². The SMILES string of the molecule is CC1NC(=O)CCN(CC2CCSCC2)C1=O. The Morgan fingerprint density at radius 2 is 2.06 bits per heavy atom. The largest absolute Gasteiger partial charge is 0.345 e. The summed E-state index contributed by atoms with van der Waals surface area (Å²) in [5.41, 5.74) is 0. The van der Waals surface area contributed by atoms with Crippen LogP contribution in [-0.2, 0) is 9.59 Å². The first-order valence-electron chi connectivity index (χ1n) is 6.32. The maximum absolute atomic E-state index is 12.1. The Balaban J connectivity index is 1.93. The van der Waals surface area contributed by atoms with Crippen LogP contribution < -0.4 is 5.32 Å². The Bertz CT molecular complexity index is 303. The van der Waals surface area contributed by atoms with Gasteiger partial charge in [0.05, 0.1) is 0 Å². The smallest absolute Gasteiger partial charge is 0.244 e. The fourth-order valence-corrected chi connectivity index (χ4v) is 3.62. The average Bonchev–Trinajstić information content (AvgIpc) is 2.44. The van der Waals surface area contributed by atoms with E-state index in [1.54, 1.807) is 6.92 Å². The molecular formula is C12H20N2O2S. The molecule has 0 radical (unpaired) electrons. The highest BCUT2D eigenvalue weighted by molar-refractivity contribution is 7.99. The second kappa shape index (κ2) is 5.76. The number of hydrogen-bond acceptors (Lipinski definition) is 3. The second-order valence-electron chi connectivity index (χ2n) is 4.88. The zero-order chi connectivity index (χ0) is 12.3. The number of hydrogen-bond donors (Lipinski definition) is 1. The molecule has 2 amide bonds. The zero-order valence-corrected chi connectivity index (χ0v) is 11.1. The van der Waals surface area contributed by atoms with Crippen LogP contribution in [0.15, 0.2) is 0 Å². The molecule has 1 atom stereocenters. The topological polar surface area (TPSA) is 49.4 Å². The lowest BCUT2D eigenvalue weighted by molar-refractivity contribution is -0.133. The first-order chi connectivity index (χ1) is 8.16. The van der Waals surface area contributed by atoms with Crippen molar-refractivity contribution in [2.75, 3.05) is 24.6 Å². The predicted molar refractivity (Wildman–Crippen MR) is 68.9 cm³/mol. The van der Waals surface area contributed by atoms with E-state index in [9.17, 15) is 9.59 Å². The van der Waals surface area contributed by atoms with E-state index in [-0.39, 0.29) is 17.9 Å². The van der Waals surface area contributed by atoms with Gasteiger partial charge in [-0.15, -0.1) is 0 Å². The molecule has 0 bridgehead atoms. The van der Waals surface area contributed by atoms with Crippen molar-refractivity contribution in [2.45, 2.75) is 32.2 Å². The number of carbonyl (C=O) groups is 2. The van der Waals surface area contributed by atoms with Gasteiger partial charge < -0.3 is 10.2 Å². The van der Waals surface area contributed by atoms with Crippen molar-refractivity contribution in [3.05, 3.63) is 0 Å². The lowest BCUT2D eigenvalue weighted by Gasteiger charge is -2.29. The molecule has 0 spiro atoms. The molecule has 2 fully saturated rings. The lowest BCUT2D eigenvalue weighted by atomic mass is 10.0. The van der Waals surface area contributed by atoms with Crippen molar-refractivity contribution in [3.63, 3.8) is 0 Å². The quantitative estimate of drug-likeness (QED) is 0.797. The number of nitrogens with zero attached hydrogens (tertiary/aromatic N) is 1. The summed E-state index contributed by atoms with van der Waals surface area (Å²) >= 11 is 2.00. The highest BCUT2D eigenvalue weighted by atomic mass is 32.2. The summed E-state index contributed by atoms with van der Waals surface area (Å²) in [4.78, 5) is 25.3. The monoisotopic (exact) mass is 256 g/mol. The molecular weight excluding hydrogens is 236 g/mol. The third kappa shape index (κ3) is 3.37. The Morgan fingerprint density at radius 1 is 1.35 bits per heavy atom. The van der Waals surface area contributed by atoms with Gasteiger partial charge in [-0.1, -0.05) is 0 Å². The first-order valence-corrected chi connectivity index (χ1v) is 7.48. The minimum atomic E-state index is -0.358. The zero-order valence-electron chi connectivity index (χ0n) is 10.3. The first kappa shape index (κ1) is 12.7. The predicted octanol–water partition coefficient (Wildman–Crippen LogP) is 0.867. The third-order valence-corrected chi connectivity index (χ3v) is 4.54. The highest BCUT2D eigenvalue weighted by Crippen LogP contribution is 2.24. The lowest BCUT2D eigenvalue weighted by Crippen LogP contribution is -2.44. The van der Waals surface area contributed by atoms with Crippen LogP contribution in [0.25, 0.3) is 0 Å². The van der Waals surface area contributed by atoms with Crippen molar-refractivity contribution in [2.24, 2.45) is 5.92 Å². The summed E-state index contributed by atoms with van der Waals surface area (Å²) in [6.45, 7) is 3.19. The van der Waals surface area contributed by atoms with Gasteiger partial charge in [0.1, 0.15) is 6.04 Å². The molecule has 1 unspecified atom stereocenters. The van der Waals surface area contributed by atoms with Crippen molar-refractivity contribution in [3.8, 4) is 0 Å². The molecule has 4 nitrogen and oxygen atoms in total. The average molecular weight is 256 g/mol. The fourth-order valence-electron chi connectivity index (χ4n) is 2.42. The summed E-state index contributed by atoms with van der Waals surface area (Å²) in [5.74, 6) is 3.11. The molecule has 0 aromatic carbocycles. The van der Waals surface area contributed by atoms with Gasteiger partial charge in [0.25, 0.3) is 0 Å². The number of rotatable bonds is 2. The molecule has 5 heteroatoms. The van der Waals surface area contributed by atoms with Gasteiger partial charge in [-0.05, 0) is 37.2 Å². The maximum Gasteiger partial charge on any atom is 0.244 e. The van der Waals surface area contributed by atoms with Crippen LogP contribution in [0.4, 0.5) is 0 Å². The van der Waals surface area contributed by atoms with Gasteiger partial charge in [-0.25, -0.2) is 0 Å². The minimum Gasteiger partial charge on any atom is -0.345 e. The Hall–Kier alpha value is -0.710. The normalized spacial score (nSPS) is 27.8. The molecule has 2 heterocycles. The van der Waals surface area contributed by atoms with Crippen molar-refractivity contribution in [1.29, 1.82) is 0 Å². The second-order valence-corrected chi connectivity index (χ2v) is 6.10. The molecule has 17 heavy (non-hydrogen) atoms. The van der Waals surface area contributed by atoms with Crippen LogP contribution in [0.1, 0.15) is 26.2 Å². The maximum atomic E-state index is 12.1. The van der Waals surface area contributed by atoms with Crippen molar-refractivity contribution in [1.82, 2.24) is 10.2 Å². The summed E-state index contributed by atoms with van der Waals surface area (Å²) in [6.07, 6.45) is 2.84. The van der Waals surface area contributed by atoms with Gasteiger partial charge >= 0.3 is 0 Å². The van der Waals surface area contributed by atoms with Crippen LogP contribution in [-0.4, -0.2) is 47.4 Å². The van der Waals surface area contributed by atoms with Crippen LogP contribution in [0.5, 0.6) is 0 Å². The molecule has 0 aromatic heterocycles. The summed E-state index contributed by atoms with van der Waals surface area (Å²) in [6, 6.07) is -0.358. The number of thioether (sulfide) groups is 1. The van der Waals surface area contributed by atoms with Gasteiger partial charge in [-0.3, -0.25) is 9.59 Å². The molecule has 96 valence electrons. The van der Waals surface area contributed by atoms with E-state index in [1.807, 2.05) is 16.7 Å². The Morgan fingerprint density at radius 3 is 2.76 bits per heavy atom. The third-order valence-electron chi connectivity index (χ3n) is 3.49. The fraction of sp³-hybridized carbons (Fsp3) is 0.833. The molecule has 0 aliphatic carbocycles. The molecule has 1 N–H and O–H groups in total. The minimum absolute atomic E-state index is 0.00690. The molecule has 2 saturated heterocycles. The summed E-state index contributed by atoms with van der Waals surface area (Å²) in [5, 5.41) is 2.72. The van der Waals surface area contributed by atoms with E-state index in [2.05, 4.69) is 5.32 Å². The Kier molecular flexibility index (Phi) is 4.31. The molecule has 0 aromatic rings. The molecule has 0 saturated carbocycles. The highest BCUT2D eigenvalue weighted by Gasteiger charge is 2.28. The number of amides is 2. The van der Waals surface area contributed by atoms with E-state index in [0.29, 0.717) is 18.9 Å². The van der Waals surface area contributed by atoms with Gasteiger partial charge in [0.2, 0.25) is 11.8 Å². The van der Waals surface area contributed by atoms with Gasteiger partial charge in [0, 0.05) is 19.5 Å². The van der Waals surface area contributed by atoms with Crippen molar-refractivity contribution >= 4 is 23.6 Å². The van der Waals surface area contributed by atoms with Crippen LogP contribution in [0.2, 0.25) is 0 Å². The van der Waals surface area contributed by atoms with Gasteiger partial charge in [-0.2, -0.15) is 11.8 Å². The van der Waals surface area contributed by atoms with Crippen LogP contribution >= 0.6 is 11.8 Å². The van der Waals surface area contributed by atoms with E-state index in [0.717, 1.165) is 6.54 Å². The van der Waals surface area contributed by atoms with E-state index < -0.39 is 0 Å². The number of nitrogens with one attached hydrogen (secondary N) is 1. The molecule has 2 aliphatic rings.